The largest absolute Gasteiger partial charge is 0.304 e. The van der Waals surface area contributed by atoms with Crippen LogP contribution in [-0.2, 0) is 4.84 Å². The van der Waals surface area contributed by atoms with Gasteiger partial charge >= 0.3 is 0 Å². The maximum absolute atomic E-state index is 5.06. The van der Waals surface area contributed by atoms with Crippen LogP contribution in [0.1, 0.15) is 39.5 Å². The van der Waals surface area contributed by atoms with Crippen LogP contribution >= 0.6 is 0 Å². The van der Waals surface area contributed by atoms with Crippen molar-refractivity contribution in [2.24, 2.45) is 17.2 Å². The molecule has 0 aliphatic heterocycles. The Morgan fingerprint density at radius 3 is 2.45 bits per heavy atom. The van der Waals surface area contributed by atoms with E-state index in [2.05, 4.69) is 18.7 Å². The van der Waals surface area contributed by atoms with Crippen molar-refractivity contribution in [3.63, 3.8) is 0 Å². The summed E-state index contributed by atoms with van der Waals surface area (Å²) < 4.78 is 0. The molecule has 2 heteroatoms. The molecule has 0 radical (unpaired) electrons. The van der Waals surface area contributed by atoms with Gasteiger partial charge in [-0.25, -0.2) is 5.90 Å². The molecule has 0 spiro atoms. The van der Waals surface area contributed by atoms with Gasteiger partial charge in [-0.3, -0.25) is 0 Å². The highest BCUT2D eigenvalue weighted by molar-refractivity contribution is 4.90. The van der Waals surface area contributed by atoms with Gasteiger partial charge in [-0.15, -0.1) is 0 Å². The van der Waals surface area contributed by atoms with E-state index in [0.29, 0.717) is 17.9 Å². The van der Waals surface area contributed by atoms with Gasteiger partial charge in [0.25, 0.3) is 0 Å². The molecule has 2 N–H and O–H groups in total. The summed E-state index contributed by atoms with van der Waals surface area (Å²) >= 11 is 0. The first-order valence-corrected chi connectivity index (χ1v) is 4.57. The van der Waals surface area contributed by atoms with Crippen LogP contribution in [0.3, 0.4) is 0 Å². The summed E-state index contributed by atoms with van der Waals surface area (Å²) in [4.78, 5) is 4.69. The SMILES string of the molecule is CCC1(C(C)CON)CCC1. The molecule has 0 aromatic heterocycles. The Balaban J connectivity index is 2.40. The Hall–Kier alpha value is -0.0800. The molecule has 1 saturated carbocycles. The Morgan fingerprint density at radius 2 is 2.18 bits per heavy atom. The zero-order chi connectivity index (χ0) is 8.32. The molecular weight excluding hydrogens is 138 g/mol. The number of nitrogens with two attached hydrogens (primary N) is 1. The van der Waals surface area contributed by atoms with Gasteiger partial charge < -0.3 is 4.84 Å². The van der Waals surface area contributed by atoms with Crippen molar-refractivity contribution in [1.29, 1.82) is 0 Å². The molecule has 1 aliphatic carbocycles. The lowest BCUT2D eigenvalue weighted by Gasteiger charge is -2.46. The molecule has 2 nitrogen and oxygen atoms in total. The van der Waals surface area contributed by atoms with E-state index in [-0.39, 0.29) is 0 Å². The second kappa shape index (κ2) is 3.55. The van der Waals surface area contributed by atoms with Crippen LogP contribution in [0, 0.1) is 11.3 Å². The number of hydrogen-bond donors (Lipinski definition) is 1. The Morgan fingerprint density at radius 1 is 1.55 bits per heavy atom. The van der Waals surface area contributed by atoms with Crippen molar-refractivity contribution >= 4 is 0 Å². The molecule has 1 rings (SSSR count). The quantitative estimate of drug-likeness (QED) is 0.634. The molecule has 0 aromatic carbocycles. The predicted molar refractivity (Wildman–Crippen MR) is 45.9 cm³/mol. The number of rotatable bonds is 4. The third kappa shape index (κ3) is 1.57. The lowest BCUT2D eigenvalue weighted by molar-refractivity contribution is -0.00958. The van der Waals surface area contributed by atoms with Gasteiger partial charge in [0.05, 0.1) is 6.61 Å². The molecule has 11 heavy (non-hydrogen) atoms. The van der Waals surface area contributed by atoms with E-state index in [0.717, 1.165) is 0 Å². The van der Waals surface area contributed by atoms with E-state index in [4.69, 9.17) is 5.90 Å². The van der Waals surface area contributed by atoms with Gasteiger partial charge in [0.15, 0.2) is 0 Å². The lowest BCUT2D eigenvalue weighted by atomic mass is 9.60. The highest BCUT2D eigenvalue weighted by Crippen LogP contribution is 2.49. The first-order chi connectivity index (χ1) is 5.25. The molecule has 0 saturated heterocycles. The van der Waals surface area contributed by atoms with Gasteiger partial charge in [0.1, 0.15) is 0 Å². The van der Waals surface area contributed by atoms with E-state index in [1.54, 1.807) is 0 Å². The maximum Gasteiger partial charge on any atom is 0.0710 e. The first-order valence-electron chi connectivity index (χ1n) is 4.57. The van der Waals surface area contributed by atoms with E-state index in [1.807, 2.05) is 0 Å². The lowest BCUT2D eigenvalue weighted by Crippen LogP contribution is -2.38. The third-order valence-corrected chi connectivity index (χ3v) is 3.45. The van der Waals surface area contributed by atoms with Crippen LogP contribution in [0.2, 0.25) is 0 Å². The smallest absolute Gasteiger partial charge is 0.0710 e. The zero-order valence-electron chi connectivity index (χ0n) is 7.60. The van der Waals surface area contributed by atoms with Gasteiger partial charge in [-0.1, -0.05) is 26.7 Å². The summed E-state index contributed by atoms with van der Waals surface area (Å²) in [6, 6.07) is 0. The van der Waals surface area contributed by atoms with Crippen molar-refractivity contribution < 1.29 is 4.84 Å². The minimum atomic E-state index is 0.569. The zero-order valence-corrected chi connectivity index (χ0v) is 7.60. The van der Waals surface area contributed by atoms with E-state index >= 15 is 0 Å². The van der Waals surface area contributed by atoms with Gasteiger partial charge in [-0.2, -0.15) is 0 Å². The molecule has 0 bridgehead atoms. The van der Waals surface area contributed by atoms with Gasteiger partial charge in [0, 0.05) is 0 Å². The van der Waals surface area contributed by atoms with E-state index in [9.17, 15) is 0 Å². The van der Waals surface area contributed by atoms with Crippen molar-refractivity contribution in [1.82, 2.24) is 0 Å². The molecule has 1 atom stereocenters. The van der Waals surface area contributed by atoms with E-state index < -0.39 is 0 Å². The van der Waals surface area contributed by atoms with Crippen molar-refractivity contribution in [2.75, 3.05) is 6.61 Å². The van der Waals surface area contributed by atoms with Crippen LogP contribution in [0.5, 0.6) is 0 Å². The summed E-state index contributed by atoms with van der Waals surface area (Å²) in [5, 5.41) is 0. The second-order valence-corrected chi connectivity index (χ2v) is 3.80. The molecular formula is C9H19NO. The van der Waals surface area contributed by atoms with E-state index in [1.165, 1.54) is 25.7 Å². The number of hydrogen-bond acceptors (Lipinski definition) is 2. The fourth-order valence-electron chi connectivity index (χ4n) is 2.15. The van der Waals surface area contributed by atoms with Crippen molar-refractivity contribution in [3.8, 4) is 0 Å². The third-order valence-electron chi connectivity index (χ3n) is 3.45. The fraction of sp³-hybridized carbons (Fsp3) is 1.00. The summed E-state index contributed by atoms with van der Waals surface area (Å²) in [6.45, 7) is 5.23. The minimum Gasteiger partial charge on any atom is -0.304 e. The average Bonchev–Trinajstić information content (AvgIpc) is 1.87. The molecule has 1 fully saturated rings. The minimum absolute atomic E-state index is 0.569. The molecule has 0 aromatic rings. The molecule has 0 amide bonds. The Kier molecular flexibility index (Phi) is 2.90. The van der Waals surface area contributed by atoms with Crippen molar-refractivity contribution in [3.05, 3.63) is 0 Å². The first kappa shape index (κ1) is 9.01. The standard InChI is InChI=1S/C9H19NO/c1-3-9(5-4-6-9)8(2)7-11-10/h8H,3-7,10H2,1-2H3. The average molecular weight is 157 g/mol. The molecule has 66 valence electrons. The monoisotopic (exact) mass is 157 g/mol. The van der Waals surface area contributed by atoms with Crippen LogP contribution in [0.4, 0.5) is 0 Å². The van der Waals surface area contributed by atoms with Crippen molar-refractivity contribution in [2.45, 2.75) is 39.5 Å². The summed E-state index contributed by atoms with van der Waals surface area (Å²) in [5.41, 5.74) is 0.569. The molecule has 1 aliphatic rings. The fourth-order valence-corrected chi connectivity index (χ4v) is 2.15. The van der Waals surface area contributed by atoms with Gasteiger partial charge in [0.2, 0.25) is 0 Å². The van der Waals surface area contributed by atoms with Crippen LogP contribution in [-0.4, -0.2) is 6.61 Å². The summed E-state index contributed by atoms with van der Waals surface area (Å²) in [5.74, 6) is 5.69. The molecule has 0 heterocycles. The Bertz CT molecular complexity index is 115. The Labute approximate surface area is 69.1 Å². The highest BCUT2D eigenvalue weighted by atomic mass is 16.6. The van der Waals surface area contributed by atoms with Crippen LogP contribution in [0.25, 0.3) is 0 Å². The summed E-state index contributed by atoms with van der Waals surface area (Å²) in [6.07, 6.45) is 5.41. The highest BCUT2D eigenvalue weighted by Gasteiger charge is 2.39. The summed E-state index contributed by atoms with van der Waals surface area (Å²) in [7, 11) is 0. The predicted octanol–water partition coefficient (Wildman–Crippen LogP) is 2.09. The van der Waals surface area contributed by atoms with Crippen LogP contribution < -0.4 is 5.90 Å². The van der Waals surface area contributed by atoms with Crippen LogP contribution in [0.15, 0.2) is 0 Å². The molecule has 1 unspecified atom stereocenters. The normalized spacial score (nSPS) is 24.3. The second-order valence-electron chi connectivity index (χ2n) is 3.80. The van der Waals surface area contributed by atoms with Gasteiger partial charge in [-0.05, 0) is 24.2 Å². The maximum atomic E-state index is 5.06. The topological polar surface area (TPSA) is 35.2 Å².